The van der Waals surface area contributed by atoms with Crippen LogP contribution in [0.4, 0.5) is 0 Å². The number of hydrogen-bond donors (Lipinski definition) is 0. The van der Waals surface area contributed by atoms with Gasteiger partial charge in [0.05, 0.1) is 0 Å². The van der Waals surface area contributed by atoms with Gasteiger partial charge in [0, 0.05) is 0 Å². The predicted molar refractivity (Wildman–Crippen MR) is 260 cm³/mol. The molecule has 337 valence electrons. The molecule has 0 bridgehead atoms. The van der Waals surface area contributed by atoms with Crippen LogP contribution >= 0.6 is 0 Å². The molecule has 0 atom stereocenters. The van der Waals surface area contributed by atoms with E-state index in [0.29, 0.717) is 5.41 Å². The zero-order chi connectivity index (χ0) is 40.7. The van der Waals surface area contributed by atoms with Gasteiger partial charge in [-0.2, -0.15) is 0 Å². The monoisotopic (exact) mass is 786 g/mol. The van der Waals surface area contributed by atoms with Gasteiger partial charge in [0.2, 0.25) is 0 Å². The lowest BCUT2D eigenvalue weighted by Gasteiger charge is -2.42. The largest absolute Gasteiger partial charge is 0.0654 e. The smallest absolute Gasteiger partial charge is 0.0179 e. The summed E-state index contributed by atoms with van der Waals surface area (Å²) >= 11 is 0. The molecule has 0 rings (SSSR count). The van der Waals surface area contributed by atoms with Crippen molar-refractivity contribution >= 4 is 0 Å². The van der Waals surface area contributed by atoms with Gasteiger partial charge < -0.3 is 0 Å². The van der Waals surface area contributed by atoms with Crippen molar-refractivity contribution in [3.63, 3.8) is 0 Å². The molecular weight excluding hydrogens is 673 g/mol. The zero-order valence-corrected chi connectivity index (χ0v) is 40.6. The Bertz CT molecular complexity index is 638. The second kappa shape index (κ2) is 47.7. The van der Waals surface area contributed by atoms with Crippen molar-refractivity contribution in [1.29, 1.82) is 0 Å². The summed E-state index contributed by atoms with van der Waals surface area (Å²) in [6.45, 7) is 11.8. The molecule has 0 aliphatic carbocycles. The second-order valence-electron chi connectivity index (χ2n) is 19.4. The van der Waals surface area contributed by atoms with Crippen molar-refractivity contribution in [3.05, 3.63) is 5.92 Å². The summed E-state index contributed by atoms with van der Waals surface area (Å²) in [4.78, 5) is 0. The Hall–Kier alpha value is 0. The summed E-state index contributed by atoms with van der Waals surface area (Å²) in [5, 5.41) is 0. The highest BCUT2D eigenvalue weighted by Gasteiger charge is 2.37. The summed E-state index contributed by atoms with van der Waals surface area (Å²) < 4.78 is 0. The Kier molecular flexibility index (Phi) is 47.7. The Labute approximate surface area is 359 Å². The molecule has 0 amide bonds. The first-order valence-electron chi connectivity index (χ1n) is 27.6. The van der Waals surface area contributed by atoms with E-state index in [1.807, 2.05) is 0 Å². The average Bonchev–Trinajstić information content (AvgIpc) is 3.21. The van der Waals surface area contributed by atoms with Crippen molar-refractivity contribution in [1.82, 2.24) is 0 Å². The minimum atomic E-state index is 0.547. The zero-order valence-electron chi connectivity index (χ0n) is 40.6. The SMILES string of the molecule is CCCCCCCCCCCCCCC(CCCCCCCCCC)(CCCCCCCCCC)[C](CCCCCCCCCC)CCCCCCCCCC. The molecule has 0 aromatic rings. The fraction of sp³-hybridized carbons (Fsp3) is 0.982. The molecule has 0 aromatic heterocycles. The molecule has 0 heterocycles. The first-order valence-corrected chi connectivity index (χ1v) is 27.6. The van der Waals surface area contributed by atoms with Crippen molar-refractivity contribution in [3.8, 4) is 0 Å². The summed E-state index contributed by atoms with van der Waals surface area (Å²) in [6, 6.07) is 0. The van der Waals surface area contributed by atoms with Crippen LogP contribution in [-0.2, 0) is 0 Å². The topological polar surface area (TPSA) is 0 Å². The molecule has 0 aliphatic rings. The molecular formula is C56H113. The van der Waals surface area contributed by atoms with Crippen LogP contribution in [0.2, 0.25) is 0 Å². The Morgan fingerprint density at radius 2 is 0.357 bits per heavy atom. The maximum Gasteiger partial charge on any atom is -0.0179 e. The molecule has 0 fully saturated rings. The fourth-order valence-corrected chi connectivity index (χ4v) is 10.0. The van der Waals surface area contributed by atoms with Gasteiger partial charge >= 0.3 is 0 Å². The first-order chi connectivity index (χ1) is 27.7. The van der Waals surface area contributed by atoms with Crippen molar-refractivity contribution in [2.24, 2.45) is 5.41 Å². The highest BCUT2D eigenvalue weighted by Crippen LogP contribution is 2.49. The van der Waals surface area contributed by atoms with Crippen LogP contribution < -0.4 is 0 Å². The third-order valence-corrected chi connectivity index (χ3v) is 13.9. The fourth-order valence-electron chi connectivity index (χ4n) is 10.0. The van der Waals surface area contributed by atoms with Gasteiger partial charge in [-0.15, -0.1) is 0 Å². The van der Waals surface area contributed by atoms with E-state index in [0.717, 1.165) is 0 Å². The van der Waals surface area contributed by atoms with E-state index in [1.54, 1.807) is 0 Å². The molecule has 0 spiro atoms. The third kappa shape index (κ3) is 38.2. The van der Waals surface area contributed by atoms with Crippen LogP contribution in [0.5, 0.6) is 0 Å². The molecule has 0 aromatic carbocycles. The van der Waals surface area contributed by atoms with E-state index in [-0.39, 0.29) is 0 Å². The van der Waals surface area contributed by atoms with Gasteiger partial charge in [0.15, 0.2) is 0 Å². The van der Waals surface area contributed by atoms with Gasteiger partial charge in [-0.05, 0) is 43.4 Å². The predicted octanol–water partition coefficient (Wildman–Crippen LogP) is 21.8. The van der Waals surface area contributed by atoms with Gasteiger partial charge in [-0.3, -0.25) is 0 Å². The van der Waals surface area contributed by atoms with Gasteiger partial charge in [0.1, 0.15) is 0 Å². The molecule has 0 unspecified atom stereocenters. The van der Waals surface area contributed by atoms with Crippen LogP contribution in [0.25, 0.3) is 0 Å². The molecule has 0 heteroatoms. The number of unbranched alkanes of at least 4 members (excludes halogenated alkanes) is 39. The van der Waals surface area contributed by atoms with Crippen LogP contribution in [0, 0.1) is 11.3 Å². The van der Waals surface area contributed by atoms with Crippen LogP contribution in [0.1, 0.15) is 349 Å². The lowest BCUT2D eigenvalue weighted by Crippen LogP contribution is -2.30. The number of rotatable bonds is 50. The van der Waals surface area contributed by atoms with Crippen LogP contribution in [0.3, 0.4) is 0 Å². The summed E-state index contributed by atoms with van der Waals surface area (Å²) in [5.41, 5.74) is 0.547. The first kappa shape index (κ1) is 56.0. The molecule has 1 radical (unpaired) electrons. The van der Waals surface area contributed by atoms with E-state index < -0.39 is 0 Å². The normalized spacial score (nSPS) is 12.1. The quantitative estimate of drug-likeness (QED) is 0.0539. The van der Waals surface area contributed by atoms with Crippen LogP contribution in [0.15, 0.2) is 0 Å². The van der Waals surface area contributed by atoms with E-state index in [1.165, 1.54) is 315 Å². The van der Waals surface area contributed by atoms with E-state index >= 15 is 0 Å². The average molecular weight is 787 g/mol. The van der Waals surface area contributed by atoms with Crippen LogP contribution in [-0.4, -0.2) is 0 Å². The molecule has 0 aliphatic heterocycles. The van der Waals surface area contributed by atoms with E-state index in [4.69, 9.17) is 0 Å². The lowest BCUT2D eigenvalue weighted by atomic mass is 9.62. The number of hydrogen-bond acceptors (Lipinski definition) is 0. The molecule has 0 saturated heterocycles. The minimum Gasteiger partial charge on any atom is -0.0654 e. The van der Waals surface area contributed by atoms with Crippen molar-refractivity contribution in [2.75, 3.05) is 0 Å². The standard InChI is InChI=1S/C56H113/c1-6-11-16-21-26-31-32-33-34-39-44-49-54-56(52-47-42-37-29-24-19-14-9-4,53-48-43-38-30-25-20-15-10-5)55(50-45-40-35-27-22-17-12-7-2)51-46-41-36-28-23-18-13-8-3/h6-54H2,1-5H3. The van der Waals surface area contributed by atoms with Gasteiger partial charge in [-0.25, -0.2) is 0 Å². The highest BCUT2D eigenvalue weighted by atomic mass is 14.4. The van der Waals surface area contributed by atoms with Crippen molar-refractivity contribution in [2.45, 2.75) is 349 Å². The summed E-state index contributed by atoms with van der Waals surface area (Å²) in [6.07, 6.45) is 72.0. The Morgan fingerprint density at radius 3 is 0.554 bits per heavy atom. The maximum absolute atomic E-state index is 2.36. The summed E-state index contributed by atoms with van der Waals surface area (Å²) in [5.74, 6) is 2.10. The van der Waals surface area contributed by atoms with Crippen molar-refractivity contribution < 1.29 is 0 Å². The maximum atomic E-state index is 2.36. The molecule has 56 heavy (non-hydrogen) atoms. The van der Waals surface area contributed by atoms with E-state index in [2.05, 4.69) is 40.5 Å². The second-order valence-corrected chi connectivity index (χ2v) is 19.4. The Balaban J connectivity index is 5.69. The molecule has 0 saturated carbocycles. The van der Waals surface area contributed by atoms with Gasteiger partial charge in [-0.1, -0.05) is 317 Å². The van der Waals surface area contributed by atoms with Gasteiger partial charge in [0.25, 0.3) is 0 Å². The molecule has 0 nitrogen and oxygen atoms in total. The third-order valence-electron chi connectivity index (χ3n) is 13.9. The van der Waals surface area contributed by atoms with E-state index in [9.17, 15) is 0 Å². The molecule has 0 N–H and O–H groups in total. The minimum absolute atomic E-state index is 0.547. The Morgan fingerprint density at radius 1 is 0.196 bits per heavy atom. The summed E-state index contributed by atoms with van der Waals surface area (Å²) in [7, 11) is 0. The highest BCUT2D eigenvalue weighted by molar-refractivity contribution is 5.07. The lowest BCUT2D eigenvalue weighted by molar-refractivity contribution is 0.188.